The number of nitrogens with one attached hydrogen (secondary N) is 1. The lowest BCUT2D eigenvalue weighted by Crippen LogP contribution is -2.05. The summed E-state index contributed by atoms with van der Waals surface area (Å²) in [4.78, 5) is 9.72. The Kier molecular flexibility index (Phi) is 6.36. The van der Waals surface area contributed by atoms with Gasteiger partial charge in [0.2, 0.25) is 5.82 Å². The van der Waals surface area contributed by atoms with Crippen LogP contribution in [0.25, 0.3) is 44.8 Å². The van der Waals surface area contributed by atoms with Crippen molar-refractivity contribution in [3.8, 4) is 39.4 Å². The molecule has 0 saturated heterocycles. The molecule has 3 aromatic carbocycles. The molecule has 0 radical (unpaired) electrons. The number of aromatic nitrogens is 7. The summed E-state index contributed by atoms with van der Waals surface area (Å²) < 4.78 is 7.86. The number of pyridine rings is 1. The number of fused-ring (bicyclic) bond motifs is 1. The van der Waals surface area contributed by atoms with Crippen molar-refractivity contribution < 1.29 is 4.74 Å². The fourth-order valence-electron chi connectivity index (χ4n) is 5.16. The van der Waals surface area contributed by atoms with Crippen LogP contribution in [0.4, 0.5) is 0 Å². The third-order valence-electron chi connectivity index (χ3n) is 7.05. The number of aromatic amines is 1. The van der Waals surface area contributed by atoms with E-state index in [1.54, 1.807) is 7.11 Å². The van der Waals surface area contributed by atoms with Gasteiger partial charge >= 0.3 is 0 Å². The number of tetrazole rings is 1. The first kappa shape index (κ1) is 24.5. The lowest BCUT2D eigenvalue weighted by molar-refractivity contribution is 0.416. The molecule has 0 aliphatic rings. The highest BCUT2D eigenvalue weighted by Gasteiger charge is 2.16. The summed E-state index contributed by atoms with van der Waals surface area (Å²) in [6.45, 7) is 6.97. The summed E-state index contributed by atoms with van der Waals surface area (Å²) in [6, 6.07) is 25.0. The van der Waals surface area contributed by atoms with Crippen molar-refractivity contribution in [1.82, 2.24) is 35.2 Å². The van der Waals surface area contributed by atoms with Crippen LogP contribution in [0.3, 0.4) is 0 Å². The van der Waals surface area contributed by atoms with Gasteiger partial charge in [-0.2, -0.15) is 5.21 Å². The number of H-pyrrole nitrogens is 1. The zero-order valence-electron chi connectivity index (χ0n) is 22.4. The van der Waals surface area contributed by atoms with Gasteiger partial charge in [-0.3, -0.25) is 0 Å². The van der Waals surface area contributed by atoms with Crippen molar-refractivity contribution in [3.05, 3.63) is 95.4 Å². The standard InChI is InChI=1S/C31H29N7O/c1-5-28-33-29-19(2)16-20(3)32-31(29)38(28)18-21-10-12-22(13-11-21)26-17-23(24-8-6-7-9-27(24)39-4)14-15-25(26)30-34-36-37-35-30/h6-17H,5,18H2,1-4H3,(H,34,35,36,37). The minimum Gasteiger partial charge on any atom is -0.496 e. The first-order chi connectivity index (χ1) is 19.1. The molecule has 0 aliphatic heterocycles. The Bertz CT molecular complexity index is 1770. The Morgan fingerprint density at radius 3 is 2.38 bits per heavy atom. The number of nitrogens with zero attached hydrogens (tertiary/aromatic N) is 6. The van der Waals surface area contributed by atoms with Crippen molar-refractivity contribution in [1.29, 1.82) is 0 Å². The average Bonchev–Trinajstić information content (AvgIpc) is 3.62. The van der Waals surface area contributed by atoms with Crippen LogP contribution in [0, 0.1) is 13.8 Å². The molecule has 6 rings (SSSR count). The van der Waals surface area contributed by atoms with E-state index < -0.39 is 0 Å². The smallest absolute Gasteiger partial charge is 0.205 e. The lowest BCUT2D eigenvalue weighted by Gasteiger charge is -2.14. The number of para-hydroxylation sites is 1. The van der Waals surface area contributed by atoms with E-state index in [0.29, 0.717) is 12.4 Å². The van der Waals surface area contributed by atoms with Crippen molar-refractivity contribution in [2.45, 2.75) is 33.7 Å². The molecule has 1 N–H and O–H groups in total. The first-order valence-corrected chi connectivity index (χ1v) is 13.0. The third-order valence-corrected chi connectivity index (χ3v) is 7.05. The predicted molar refractivity (Wildman–Crippen MR) is 153 cm³/mol. The van der Waals surface area contributed by atoms with E-state index >= 15 is 0 Å². The van der Waals surface area contributed by atoms with Gasteiger partial charge in [-0.1, -0.05) is 55.5 Å². The van der Waals surface area contributed by atoms with Gasteiger partial charge in [0.1, 0.15) is 17.1 Å². The summed E-state index contributed by atoms with van der Waals surface area (Å²) in [5.41, 5.74) is 10.3. The Balaban J connectivity index is 1.41. The monoisotopic (exact) mass is 515 g/mol. The SMILES string of the molecule is CCc1nc2c(C)cc(C)nc2n1Cc1ccc(-c2cc(-c3ccccc3OC)ccc2-c2nn[nH]n2)cc1. The Morgan fingerprint density at radius 2 is 1.64 bits per heavy atom. The number of benzene rings is 3. The highest BCUT2D eigenvalue weighted by Crippen LogP contribution is 2.37. The predicted octanol–water partition coefficient (Wildman–Crippen LogP) is 6.18. The summed E-state index contributed by atoms with van der Waals surface area (Å²) in [6.07, 6.45) is 0.844. The van der Waals surface area contributed by atoms with Crippen LogP contribution in [-0.4, -0.2) is 42.3 Å². The average molecular weight is 516 g/mol. The van der Waals surface area contributed by atoms with Crippen LogP contribution in [-0.2, 0) is 13.0 Å². The lowest BCUT2D eigenvalue weighted by atomic mass is 9.93. The Morgan fingerprint density at radius 1 is 0.846 bits per heavy atom. The van der Waals surface area contributed by atoms with Gasteiger partial charge in [0, 0.05) is 23.2 Å². The topological polar surface area (TPSA) is 94.4 Å². The van der Waals surface area contributed by atoms with Gasteiger partial charge in [0.25, 0.3) is 0 Å². The summed E-state index contributed by atoms with van der Waals surface area (Å²) >= 11 is 0. The molecule has 8 nitrogen and oxygen atoms in total. The molecule has 0 spiro atoms. The minimum absolute atomic E-state index is 0.551. The van der Waals surface area contributed by atoms with Gasteiger partial charge in [-0.15, -0.1) is 10.2 Å². The van der Waals surface area contributed by atoms with Gasteiger partial charge in [0.05, 0.1) is 13.7 Å². The van der Waals surface area contributed by atoms with Crippen LogP contribution < -0.4 is 4.74 Å². The van der Waals surface area contributed by atoms with E-state index in [2.05, 4.69) is 87.6 Å². The molecule has 0 unspecified atom stereocenters. The van der Waals surface area contributed by atoms with Crippen molar-refractivity contribution in [2.75, 3.05) is 7.11 Å². The van der Waals surface area contributed by atoms with Crippen LogP contribution in [0.5, 0.6) is 5.75 Å². The van der Waals surface area contributed by atoms with Gasteiger partial charge in [-0.25, -0.2) is 9.97 Å². The fourth-order valence-corrected chi connectivity index (χ4v) is 5.16. The highest BCUT2D eigenvalue weighted by molar-refractivity contribution is 5.86. The number of imidazole rings is 1. The Hall–Kier alpha value is -4.85. The van der Waals surface area contributed by atoms with E-state index in [1.165, 1.54) is 5.56 Å². The number of rotatable bonds is 7. The van der Waals surface area contributed by atoms with E-state index in [9.17, 15) is 0 Å². The minimum atomic E-state index is 0.551. The van der Waals surface area contributed by atoms with E-state index in [4.69, 9.17) is 14.7 Å². The third kappa shape index (κ3) is 4.54. The summed E-state index contributed by atoms with van der Waals surface area (Å²) in [5, 5.41) is 14.9. The number of methoxy groups -OCH3 is 1. The van der Waals surface area contributed by atoms with Gasteiger partial charge in [0.15, 0.2) is 5.65 Å². The fraction of sp³-hybridized carbons (Fsp3) is 0.194. The molecule has 0 amide bonds. The van der Waals surface area contributed by atoms with E-state index in [-0.39, 0.29) is 0 Å². The van der Waals surface area contributed by atoms with Crippen LogP contribution in [0.15, 0.2) is 72.8 Å². The molecule has 0 aliphatic carbocycles. The molecular formula is C31H29N7O. The van der Waals surface area contributed by atoms with Gasteiger partial charge in [-0.05, 0) is 71.1 Å². The zero-order chi connectivity index (χ0) is 26.9. The molecular weight excluding hydrogens is 486 g/mol. The van der Waals surface area contributed by atoms with Crippen molar-refractivity contribution in [3.63, 3.8) is 0 Å². The molecule has 0 atom stereocenters. The molecule has 0 saturated carbocycles. The first-order valence-electron chi connectivity index (χ1n) is 13.0. The highest BCUT2D eigenvalue weighted by atomic mass is 16.5. The summed E-state index contributed by atoms with van der Waals surface area (Å²) in [7, 11) is 1.69. The maximum Gasteiger partial charge on any atom is 0.205 e. The molecule has 39 heavy (non-hydrogen) atoms. The summed E-state index contributed by atoms with van der Waals surface area (Å²) in [5.74, 6) is 2.42. The quantitative estimate of drug-likeness (QED) is 0.273. The van der Waals surface area contributed by atoms with Crippen LogP contribution in [0.1, 0.15) is 29.6 Å². The second-order valence-corrected chi connectivity index (χ2v) is 9.61. The maximum atomic E-state index is 5.63. The molecule has 3 aromatic heterocycles. The largest absolute Gasteiger partial charge is 0.496 e. The van der Waals surface area contributed by atoms with Crippen molar-refractivity contribution in [2.24, 2.45) is 0 Å². The van der Waals surface area contributed by atoms with Crippen molar-refractivity contribution >= 4 is 11.2 Å². The molecule has 0 bridgehead atoms. The maximum absolute atomic E-state index is 5.63. The molecule has 6 aromatic rings. The molecule has 194 valence electrons. The Labute approximate surface area is 226 Å². The van der Waals surface area contributed by atoms with E-state index in [1.807, 2.05) is 31.2 Å². The molecule has 3 heterocycles. The second kappa shape index (κ2) is 10.1. The molecule has 8 heteroatoms. The van der Waals surface area contributed by atoms with Gasteiger partial charge < -0.3 is 9.30 Å². The van der Waals surface area contributed by atoms with Crippen LogP contribution in [0.2, 0.25) is 0 Å². The second-order valence-electron chi connectivity index (χ2n) is 9.61. The molecule has 0 fully saturated rings. The number of aryl methyl sites for hydroxylation is 3. The normalized spacial score (nSPS) is 11.3. The number of ether oxygens (including phenoxy) is 1. The number of hydrogen-bond acceptors (Lipinski definition) is 6. The van der Waals surface area contributed by atoms with Crippen LogP contribution >= 0.6 is 0 Å². The number of hydrogen-bond donors (Lipinski definition) is 1. The zero-order valence-corrected chi connectivity index (χ0v) is 22.4. The van der Waals surface area contributed by atoms with E-state index in [0.717, 1.165) is 68.2 Å².